The molecule has 7 heteroatoms. The van der Waals surface area contributed by atoms with E-state index in [4.69, 9.17) is 0 Å². The van der Waals surface area contributed by atoms with Crippen LogP contribution in [0.5, 0.6) is 0 Å². The zero-order chi connectivity index (χ0) is 16.0. The van der Waals surface area contributed by atoms with Gasteiger partial charge in [-0.25, -0.2) is 9.50 Å². The van der Waals surface area contributed by atoms with Crippen molar-refractivity contribution in [3.8, 4) is 0 Å². The van der Waals surface area contributed by atoms with Gasteiger partial charge in [0.2, 0.25) is 5.91 Å². The van der Waals surface area contributed by atoms with Gasteiger partial charge >= 0.3 is 0 Å². The monoisotopic (exact) mass is 313 g/mol. The van der Waals surface area contributed by atoms with Crippen molar-refractivity contribution in [2.24, 2.45) is 5.41 Å². The molecular weight excluding hydrogens is 294 g/mol. The van der Waals surface area contributed by atoms with Crippen molar-refractivity contribution in [2.45, 2.75) is 26.2 Å². The lowest BCUT2D eigenvalue weighted by Crippen LogP contribution is -2.44. The van der Waals surface area contributed by atoms with Crippen LogP contribution in [-0.4, -0.2) is 50.9 Å². The summed E-state index contributed by atoms with van der Waals surface area (Å²) in [7, 11) is 0. The largest absolute Gasteiger partial charge is 0.356 e. The summed E-state index contributed by atoms with van der Waals surface area (Å²) in [6, 6.07) is 1.79. The Labute approximate surface area is 133 Å². The summed E-state index contributed by atoms with van der Waals surface area (Å²) < 4.78 is 1.65. The Morgan fingerprint density at radius 3 is 2.83 bits per heavy atom. The molecule has 0 bridgehead atoms. The molecule has 2 aromatic heterocycles. The van der Waals surface area contributed by atoms with E-state index >= 15 is 0 Å². The van der Waals surface area contributed by atoms with Gasteiger partial charge in [-0.2, -0.15) is 5.10 Å². The van der Waals surface area contributed by atoms with Crippen molar-refractivity contribution in [1.82, 2.24) is 24.8 Å². The van der Waals surface area contributed by atoms with E-state index in [1.165, 1.54) is 0 Å². The molecule has 0 atom stereocenters. The minimum absolute atomic E-state index is 0.0108. The van der Waals surface area contributed by atoms with Crippen molar-refractivity contribution in [3.63, 3.8) is 0 Å². The number of piperidine rings is 1. The van der Waals surface area contributed by atoms with E-state index in [9.17, 15) is 9.59 Å². The molecule has 0 saturated carbocycles. The third-order valence-corrected chi connectivity index (χ3v) is 5.09. The molecule has 2 fully saturated rings. The summed E-state index contributed by atoms with van der Waals surface area (Å²) in [5, 5.41) is 7.28. The van der Waals surface area contributed by atoms with Crippen LogP contribution in [-0.2, 0) is 4.79 Å². The number of aromatic nitrogens is 3. The van der Waals surface area contributed by atoms with Gasteiger partial charge in [0.25, 0.3) is 5.91 Å². The number of carbonyl (C=O) groups is 2. The summed E-state index contributed by atoms with van der Waals surface area (Å²) in [4.78, 5) is 30.6. The van der Waals surface area contributed by atoms with Gasteiger partial charge in [0, 0.05) is 38.4 Å². The number of amides is 2. The molecule has 7 nitrogen and oxygen atoms in total. The molecule has 2 aliphatic rings. The summed E-state index contributed by atoms with van der Waals surface area (Å²) in [6.45, 7) is 3.94. The average molecular weight is 313 g/mol. The number of likely N-dealkylation sites (tertiary alicyclic amines) is 1. The van der Waals surface area contributed by atoms with Crippen LogP contribution >= 0.6 is 0 Å². The summed E-state index contributed by atoms with van der Waals surface area (Å²) in [5.74, 6) is 0.121. The Morgan fingerprint density at radius 2 is 2.13 bits per heavy atom. The number of fused-ring (bicyclic) bond motifs is 1. The van der Waals surface area contributed by atoms with Crippen molar-refractivity contribution >= 4 is 17.5 Å². The second kappa shape index (κ2) is 5.04. The van der Waals surface area contributed by atoms with Crippen LogP contribution in [0.25, 0.3) is 5.65 Å². The van der Waals surface area contributed by atoms with Crippen molar-refractivity contribution in [1.29, 1.82) is 0 Å². The molecule has 1 spiro atoms. The SMILES string of the molecule is Cc1nn2cccnc2c1C(=O)N1CCC2(CC1)CNC(=O)C2. The molecular formula is C16H19N5O2. The third kappa shape index (κ3) is 2.27. The topological polar surface area (TPSA) is 79.6 Å². The van der Waals surface area contributed by atoms with Crippen LogP contribution in [0.1, 0.15) is 35.3 Å². The predicted octanol–water partition coefficient (Wildman–Crippen LogP) is 0.780. The van der Waals surface area contributed by atoms with Gasteiger partial charge in [-0.3, -0.25) is 9.59 Å². The first-order valence-corrected chi connectivity index (χ1v) is 7.94. The highest BCUT2D eigenvalue weighted by molar-refractivity contribution is 6.01. The lowest BCUT2D eigenvalue weighted by molar-refractivity contribution is -0.119. The molecule has 0 radical (unpaired) electrons. The van der Waals surface area contributed by atoms with Crippen LogP contribution in [0.2, 0.25) is 0 Å². The van der Waals surface area contributed by atoms with Crippen LogP contribution in [0, 0.1) is 12.3 Å². The maximum Gasteiger partial charge on any atom is 0.259 e. The Bertz CT molecular complexity index is 789. The standard InChI is InChI=1S/C16H19N5O2/c1-11-13(14-17-5-2-6-21(14)19-11)15(23)20-7-3-16(4-8-20)9-12(22)18-10-16/h2,5-6H,3-4,7-10H2,1H3,(H,18,22). The fourth-order valence-corrected chi connectivity index (χ4v) is 3.69. The Hall–Kier alpha value is -2.44. The Balaban J connectivity index is 1.56. The van der Waals surface area contributed by atoms with Gasteiger partial charge in [0.05, 0.1) is 5.69 Å². The number of hydrogen-bond donors (Lipinski definition) is 1. The van der Waals surface area contributed by atoms with Crippen LogP contribution in [0.4, 0.5) is 0 Å². The molecule has 0 unspecified atom stereocenters. The number of hydrogen-bond acceptors (Lipinski definition) is 4. The molecule has 1 N–H and O–H groups in total. The Kier molecular flexibility index (Phi) is 3.11. The van der Waals surface area contributed by atoms with E-state index < -0.39 is 0 Å². The van der Waals surface area contributed by atoms with Crippen molar-refractivity contribution < 1.29 is 9.59 Å². The highest BCUT2D eigenvalue weighted by Crippen LogP contribution is 2.37. The molecule has 4 heterocycles. The summed E-state index contributed by atoms with van der Waals surface area (Å²) in [6.07, 6.45) is 5.79. The first-order valence-electron chi connectivity index (χ1n) is 7.94. The number of carbonyl (C=O) groups excluding carboxylic acids is 2. The smallest absolute Gasteiger partial charge is 0.259 e. The molecule has 0 aliphatic carbocycles. The zero-order valence-electron chi connectivity index (χ0n) is 13.1. The van der Waals surface area contributed by atoms with Crippen LogP contribution < -0.4 is 5.32 Å². The van der Waals surface area contributed by atoms with E-state index in [0.29, 0.717) is 36.4 Å². The number of aryl methyl sites for hydroxylation is 1. The minimum Gasteiger partial charge on any atom is -0.356 e. The quantitative estimate of drug-likeness (QED) is 0.844. The third-order valence-electron chi connectivity index (χ3n) is 5.09. The van der Waals surface area contributed by atoms with Gasteiger partial charge in [0.1, 0.15) is 5.56 Å². The van der Waals surface area contributed by atoms with Gasteiger partial charge in [-0.15, -0.1) is 0 Å². The van der Waals surface area contributed by atoms with Crippen LogP contribution in [0.15, 0.2) is 18.5 Å². The Morgan fingerprint density at radius 1 is 1.35 bits per heavy atom. The molecule has 2 aromatic rings. The van der Waals surface area contributed by atoms with Crippen molar-refractivity contribution in [3.05, 3.63) is 29.7 Å². The second-order valence-electron chi connectivity index (χ2n) is 6.59. The number of nitrogens with one attached hydrogen (secondary N) is 1. The second-order valence-corrected chi connectivity index (χ2v) is 6.59. The van der Waals surface area contributed by atoms with E-state index in [0.717, 1.165) is 19.4 Å². The summed E-state index contributed by atoms with van der Waals surface area (Å²) in [5.41, 5.74) is 1.93. The van der Waals surface area contributed by atoms with Gasteiger partial charge in [-0.1, -0.05) is 0 Å². The summed E-state index contributed by atoms with van der Waals surface area (Å²) >= 11 is 0. The fourth-order valence-electron chi connectivity index (χ4n) is 3.69. The fraction of sp³-hybridized carbons (Fsp3) is 0.500. The van der Waals surface area contributed by atoms with E-state index in [1.54, 1.807) is 23.0 Å². The van der Waals surface area contributed by atoms with Crippen LogP contribution in [0.3, 0.4) is 0 Å². The van der Waals surface area contributed by atoms with Crippen molar-refractivity contribution in [2.75, 3.05) is 19.6 Å². The van der Waals surface area contributed by atoms with E-state index in [2.05, 4.69) is 15.4 Å². The van der Waals surface area contributed by atoms with E-state index in [1.807, 2.05) is 11.8 Å². The van der Waals surface area contributed by atoms with Gasteiger partial charge in [0.15, 0.2) is 5.65 Å². The lowest BCUT2D eigenvalue weighted by atomic mass is 9.77. The first-order chi connectivity index (χ1) is 11.1. The maximum absolute atomic E-state index is 12.9. The molecule has 0 aromatic carbocycles. The highest BCUT2D eigenvalue weighted by Gasteiger charge is 2.42. The van der Waals surface area contributed by atoms with Gasteiger partial charge in [-0.05, 0) is 31.2 Å². The van der Waals surface area contributed by atoms with E-state index in [-0.39, 0.29) is 17.2 Å². The highest BCUT2D eigenvalue weighted by atomic mass is 16.2. The lowest BCUT2D eigenvalue weighted by Gasteiger charge is -2.38. The predicted molar refractivity (Wildman–Crippen MR) is 82.9 cm³/mol. The average Bonchev–Trinajstić information content (AvgIpc) is 3.07. The number of nitrogens with zero attached hydrogens (tertiary/aromatic N) is 4. The first kappa shape index (κ1) is 14.2. The maximum atomic E-state index is 12.9. The molecule has 4 rings (SSSR count). The van der Waals surface area contributed by atoms with Gasteiger partial charge < -0.3 is 10.2 Å². The molecule has 2 aliphatic heterocycles. The number of rotatable bonds is 1. The zero-order valence-corrected chi connectivity index (χ0v) is 13.1. The minimum atomic E-state index is -0.0108. The molecule has 23 heavy (non-hydrogen) atoms. The molecule has 2 amide bonds. The normalized spacial score (nSPS) is 20.2. The molecule has 120 valence electrons. The molecule has 2 saturated heterocycles.